The van der Waals surface area contributed by atoms with Crippen molar-refractivity contribution in [2.45, 2.75) is 31.5 Å². The van der Waals surface area contributed by atoms with Gasteiger partial charge in [-0.3, -0.25) is 9.78 Å². The SMILES string of the molecule is C[C@](Cc1cccc(F)c1)(CC(F)(F)F)NC(=O)c1cnc2c(F)cccc2c1.S. The zero-order valence-corrected chi connectivity index (χ0v) is 16.9. The Bertz CT molecular complexity index is 1060. The molecule has 1 amide bonds. The number of carbonyl (C=O) groups is 1. The fourth-order valence-corrected chi connectivity index (χ4v) is 3.28. The Kier molecular flexibility index (Phi) is 7.07. The van der Waals surface area contributed by atoms with E-state index < -0.39 is 35.7 Å². The smallest absolute Gasteiger partial charge is 0.346 e. The Morgan fingerprint density at radius 2 is 1.77 bits per heavy atom. The van der Waals surface area contributed by atoms with Gasteiger partial charge in [-0.05, 0) is 43.2 Å². The number of pyridine rings is 1. The largest absolute Gasteiger partial charge is 0.391 e. The van der Waals surface area contributed by atoms with E-state index in [4.69, 9.17) is 0 Å². The van der Waals surface area contributed by atoms with Crippen molar-refractivity contribution >= 4 is 30.3 Å². The summed E-state index contributed by atoms with van der Waals surface area (Å²) in [7, 11) is 0. The highest BCUT2D eigenvalue weighted by molar-refractivity contribution is 7.59. The summed E-state index contributed by atoms with van der Waals surface area (Å²) in [5, 5.41) is 2.75. The van der Waals surface area contributed by atoms with E-state index in [0.29, 0.717) is 10.9 Å². The van der Waals surface area contributed by atoms with E-state index in [1.54, 1.807) is 6.07 Å². The molecule has 0 spiro atoms. The Hall–Kier alpha value is -2.68. The Morgan fingerprint density at radius 3 is 2.43 bits per heavy atom. The minimum Gasteiger partial charge on any atom is -0.346 e. The van der Waals surface area contributed by atoms with Crippen molar-refractivity contribution in [2.75, 3.05) is 0 Å². The molecule has 3 nitrogen and oxygen atoms in total. The van der Waals surface area contributed by atoms with Gasteiger partial charge in [0.2, 0.25) is 0 Å². The normalized spacial score (nSPS) is 13.4. The average molecular weight is 442 g/mol. The van der Waals surface area contributed by atoms with Crippen LogP contribution in [0.1, 0.15) is 29.3 Å². The molecule has 0 aliphatic carbocycles. The number of para-hydroxylation sites is 1. The van der Waals surface area contributed by atoms with Gasteiger partial charge >= 0.3 is 6.18 Å². The number of halogens is 5. The number of amides is 1. The maximum absolute atomic E-state index is 13.7. The summed E-state index contributed by atoms with van der Waals surface area (Å²) in [5.74, 6) is -1.93. The van der Waals surface area contributed by atoms with Crippen LogP contribution in [0.5, 0.6) is 0 Å². The number of nitrogens with one attached hydrogen (secondary N) is 1. The molecule has 0 unspecified atom stereocenters. The molecule has 1 aromatic heterocycles. The van der Waals surface area contributed by atoms with E-state index in [2.05, 4.69) is 10.3 Å². The van der Waals surface area contributed by atoms with Gasteiger partial charge in [0.1, 0.15) is 17.2 Å². The molecule has 0 radical (unpaired) electrons. The van der Waals surface area contributed by atoms with Crippen LogP contribution in [0.15, 0.2) is 54.7 Å². The Balaban J connectivity index is 0.00000320. The summed E-state index contributed by atoms with van der Waals surface area (Å²) >= 11 is 0. The average Bonchev–Trinajstić information content (AvgIpc) is 2.59. The highest BCUT2D eigenvalue weighted by Crippen LogP contribution is 2.30. The topological polar surface area (TPSA) is 42.0 Å². The van der Waals surface area contributed by atoms with Crippen LogP contribution in [0.25, 0.3) is 10.9 Å². The first-order valence-electron chi connectivity index (χ1n) is 8.73. The van der Waals surface area contributed by atoms with Gasteiger partial charge in [-0.15, -0.1) is 0 Å². The molecule has 1 atom stereocenters. The van der Waals surface area contributed by atoms with E-state index in [1.165, 1.54) is 43.3 Å². The number of hydrogen-bond acceptors (Lipinski definition) is 2. The van der Waals surface area contributed by atoms with Crippen molar-refractivity contribution in [3.8, 4) is 0 Å². The zero-order chi connectivity index (χ0) is 21.2. The van der Waals surface area contributed by atoms with Gasteiger partial charge in [-0.2, -0.15) is 26.7 Å². The molecular weight excluding hydrogens is 423 g/mol. The second kappa shape index (κ2) is 8.99. The van der Waals surface area contributed by atoms with E-state index in [0.717, 1.165) is 12.3 Å². The Morgan fingerprint density at radius 1 is 1.07 bits per heavy atom. The van der Waals surface area contributed by atoms with Crippen molar-refractivity contribution in [1.82, 2.24) is 10.3 Å². The number of nitrogens with zero attached hydrogens (tertiary/aromatic N) is 1. The number of fused-ring (bicyclic) bond motifs is 1. The van der Waals surface area contributed by atoms with Crippen LogP contribution in [0, 0.1) is 11.6 Å². The van der Waals surface area contributed by atoms with E-state index in [-0.39, 0.29) is 31.0 Å². The van der Waals surface area contributed by atoms with Crippen molar-refractivity contribution in [3.05, 3.63) is 77.5 Å². The van der Waals surface area contributed by atoms with Crippen LogP contribution in [0.2, 0.25) is 0 Å². The minimum absolute atomic E-state index is 0. The van der Waals surface area contributed by atoms with E-state index >= 15 is 0 Å². The second-order valence-electron chi connectivity index (χ2n) is 7.15. The minimum atomic E-state index is -4.56. The highest BCUT2D eigenvalue weighted by Gasteiger charge is 2.40. The Labute approximate surface area is 176 Å². The third-order valence-electron chi connectivity index (χ3n) is 4.41. The van der Waals surface area contributed by atoms with Crippen molar-refractivity contribution < 1.29 is 26.7 Å². The molecule has 0 fully saturated rings. The predicted molar refractivity (Wildman–Crippen MR) is 109 cm³/mol. The van der Waals surface area contributed by atoms with Crippen molar-refractivity contribution in [2.24, 2.45) is 0 Å². The quantitative estimate of drug-likeness (QED) is 0.544. The molecular formula is C21H19F5N2OS. The molecule has 9 heteroatoms. The molecule has 3 rings (SSSR count). The molecule has 0 saturated carbocycles. The predicted octanol–water partition coefficient (Wildman–Crippen LogP) is 5.31. The van der Waals surface area contributed by atoms with Crippen molar-refractivity contribution in [1.29, 1.82) is 0 Å². The highest BCUT2D eigenvalue weighted by atomic mass is 32.1. The lowest BCUT2D eigenvalue weighted by atomic mass is 9.88. The third kappa shape index (κ3) is 5.91. The molecule has 30 heavy (non-hydrogen) atoms. The molecule has 0 aliphatic heterocycles. The van der Waals surface area contributed by atoms with Gasteiger partial charge in [-0.1, -0.05) is 24.3 Å². The number of hydrogen-bond donors (Lipinski definition) is 1. The fourth-order valence-electron chi connectivity index (χ4n) is 3.28. The summed E-state index contributed by atoms with van der Waals surface area (Å²) in [6, 6.07) is 10.8. The molecule has 160 valence electrons. The first-order valence-corrected chi connectivity index (χ1v) is 8.73. The van der Waals surface area contributed by atoms with E-state index in [1.807, 2.05) is 0 Å². The van der Waals surface area contributed by atoms with Gasteiger partial charge in [0.25, 0.3) is 5.91 Å². The summed E-state index contributed by atoms with van der Waals surface area (Å²) in [6.45, 7) is 1.25. The molecule has 1 heterocycles. The molecule has 2 aromatic carbocycles. The van der Waals surface area contributed by atoms with Crippen LogP contribution >= 0.6 is 13.5 Å². The number of carbonyl (C=O) groups excluding carboxylic acids is 1. The van der Waals surface area contributed by atoms with Crippen molar-refractivity contribution in [3.63, 3.8) is 0 Å². The second-order valence-corrected chi connectivity index (χ2v) is 7.15. The first-order chi connectivity index (χ1) is 13.5. The number of aromatic nitrogens is 1. The standard InChI is InChI=1S/C21H17F5N2O.H2S/c1-20(12-21(24,25)26,10-13-4-2-6-16(22)8-13)28-19(29)15-9-14-5-3-7-17(23)18(14)27-11-15;/h2-9,11H,10,12H2,1H3,(H,28,29);1H2/t20-;/m0./s1. The third-order valence-corrected chi connectivity index (χ3v) is 4.41. The van der Waals surface area contributed by atoms with Crippen LogP contribution in [-0.2, 0) is 6.42 Å². The lowest BCUT2D eigenvalue weighted by Crippen LogP contribution is -2.50. The number of benzene rings is 2. The monoisotopic (exact) mass is 442 g/mol. The number of rotatable bonds is 5. The summed E-state index contributed by atoms with van der Waals surface area (Å²) in [4.78, 5) is 16.5. The maximum Gasteiger partial charge on any atom is 0.391 e. The van der Waals surface area contributed by atoms with Crippen LogP contribution < -0.4 is 5.32 Å². The number of alkyl halides is 3. The first kappa shape index (κ1) is 23.6. The summed E-state index contributed by atoms with van der Waals surface area (Å²) < 4.78 is 66.6. The maximum atomic E-state index is 13.7. The van der Waals surface area contributed by atoms with Gasteiger partial charge in [-0.25, -0.2) is 8.78 Å². The molecule has 0 saturated heterocycles. The van der Waals surface area contributed by atoms with Gasteiger partial charge in [0, 0.05) is 11.6 Å². The van der Waals surface area contributed by atoms with Crippen LogP contribution in [0.3, 0.4) is 0 Å². The molecule has 0 aliphatic rings. The van der Waals surface area contributed by atoms with Gasteiger partial charge in [0.15, 0.2) is 0 Å². The lowest BCUT2D eigenvalue weighted by molar-refractivity contribution is -0.147. The van der Waals surface area contributed by atoms with Crippen LogP contribution in [-0.4, -0.2) is 22.6 Å². The molecule has 1 N–H and O–H groups in total. The van der Waals surface area contributed by atoms with Crippen LogP contribution in [0.4, 0.5) is 22.0 Å². The zero-order valence-electron chi connectivity index (χ0n) is 15.9. The summed E-state index contributed by atoms with van der Waals surface area (Å²) in [5.41, 5.74) is -1.35. The lowest BCUT2D eigenvalue weighted by Gasteiger charge is -2.32. The molecule has 3 aromatic rings. The van der Waals surface area contributed by atoms with Gasteiger partial charge < -0.3 is 5.32 Å². The van der Waals surface area contributed by atoms with E-state index in [9.17, 15) is 26.7 Å². The molecule has 0 bridgehead atoms. The van der Waals surface area contributed by atoms with Gasteiger partial charge in [0.05, 0.1) is 17.5 Å². The fraction of sp³-hybridized carbons (Fsp3) is 0.238. The summed E-state index contributed by atoms with van der Waals surface area (Å²) in [6.07, 6.45) is -4.99.